The largest absolute Gasteiger partial charge is 0.303 e. The number of unbranched alkanes of at least 4 members (excludes halogenated alkanes) is 2. The van der Waals surface area contributed by atoms with E-state index < -0.39 is 0 Å². The van der Waals surface area contributed by atoms with Gasteiger partial charge in [0.2, 0.25) is 0 Å². The molecule has 0 spiro atoms. The van der Waals surface area contributed by atoms with E-state index in [2.05, 4.69) is 65.4 Å². The number of hydrogen-bond donors (Lipinski definition) is 0. The van der Waals surface area contributed by atoms with Crippen molar-refractivity contribution in [3.05, 3.63) is 0 Å². The number of hydrogen-bond acceptors (Lipinski definition) is 2. The summed E-state index contributed by atoms with van der Waals surface area (Å²) in [6.07, 6.45) is 7.82. The number of rotatable bonds is 13. The summed E-state index contributed by atoms with van der Waals surface area (Å²) in [5.41, 5.74) is 0. The van der Waals surface area contributed by atoms with Gasteiger partial charge in [0.15, 0.2) is 0 Å². The van der Waals surface area contributed by atoms with Crippen LogP contribution in [0.3, 0.4) is 0 Å². The first-order chi connectivity index (χ1) is 10.4. The normalized spacial score (nSPS) is 16.5. The van der Waals surface area contributed by atoms with Crippen molar-refractivity contribution in [3.8, 4) is 0 Å². The van der Waals surface area contributed by atoms with Crippen LogP contribution in [-0.2, 0) is 0 Å². The van der Waals surface area contributed by atoms with Crippen LogP contribution in [0.1, 0.15) is 80.1 Å². The van der Waals surface area contributed by atoms with E-state index in [4.69, 9.17) is 0 Å². The third kappa shape index (κ3) is 7.00. The van der Waals surface area contributed by atoms with Crippen molar-refractivity contribution < 1.29 is 0 Å². The first kappa shape index (κ1) is 21.9. The van der Waals surface area contributed by atoms with Crippen molar-refractivity contribution in [1.82, 2.24) is 9.80 Å². The molecule has 0 rings (SSSR count). The van der Waals surface area contributed by atoms with Gasteiger partial charge in [-0.1, -0.05) is 53.4 Å². The van der Waals surface area contributed by atoms with Crippen LogP contribution in [0.4, 0.5) is 0 Å². The van der Waals surface area contributed by atoms with Crippen LogP contribution in [-0.4, -0.2) is 49.1 Å². The quantitative estimate of drug-likeness (QED) is 0.456. The SMILES string of the molecule is CCCCN(C)C(C)C(C(CC)CC)C(C)N(C)CCCC. The van der Waals surface area contributed by atoms with Crippen molar-refractivity contribution in [1.29, 1.82) is 0 Å². The standard InChI is InChI=1S/C20H44N2/c1-9-13-15-21(7)17(5)20(19(11-3)12-4)18(6)22(8)16-14-10-2/h17-20H,9-16H2,1-8H3. The van der Waals surface area contributed by atoms with E-state index in [0.717, 1.165) is 11.8 Å². The first-order valence-corrected chi connectivity index (χ1v) is 9.84. The molecule has 0 amide bonds. The Bertz CT molecular complexity index is 230. The molecule has 0 aliphatic heterocycles. The van der Waals surface area contributed by atoms with E-state index >= 15 is 0 Å². The smallest absolute Gasteiger partial charge is 0.0110 e. The highest BCUT2D eigenvalue weighted by Crippen LogP contribution is 2.31. The predicted molar refractivity (Wildman–Crippen MR) is 102 cm³/mol. The fourth-order valence-electron chi connectivity index (χ4n) is 3.83. The molecule has 0 aromatic heterocycles. The monoisotopic (exact) mass is 312 g/mol. The molecule has 2 unspecified atom stereocenters. The molecule has 0 aliphatic rings. The van der Waals surface area contributed by atoms with Crippen molar-refractivity contribution in [2.75, 3.05) is 27.2 Å². The zero-order valence-electron chi connectivity index (χ0n) is 16.9. The summed E-state index contributed by atoms with van der Waals surface area (Å²) in [5, 5.41) is 0. The predicted octanol–water partition coefficient (Wildman–Crippen LogP) is 5.28. The molecule has 2 nitrogen and oxygen atoms in total. The molecule has 0 saturated heterocycles. The second-order valence-corrected chi connectivity index (χ2v) is 7.30. The van der Waals surface area contributed by atoms with E-state index in [9.17, 15) is 0 Å². The summed E-state index contributed by atoms with van der Waals surface area (Å²) >= 11 is 0. The van der Waals surface area contributed by atoms with E-state index in [1.807, 2.05) is 0 Å². The van der Waals surface area contributed by atoms with Crippen LogP contribution in [0.5, 0.6) is 0 Å². The molecule has 0 aromatic rings. The molecule has 0 bridgehead atoms. The zero-order valence-corrected chi connectivity index (χ0v) is 16.9. The maximum absolute atomic E-state index is 2.61. The maximum Gasteiger partial charge on any atom is 0.0110 e. The second kappa shape index (κ2) is 12.4. The molecule has 22 heavy (non-hydrogen) atoms. The lowest BCUT2D eigenvalue weighted by Crippen LogP contribution is -2.49. The third-order valence-electron chi connectivity index (χ3n) is 5.83. The van der Waals surface area contributed by atoms with E-state index in [0.29, 0.717) is 12.1 Å². The molecule has 0 N–H and O–H groups in total. The highest BCUT2D eigenvalue weighted by molar-refractivity contribution is 4.87. The minimum absolute atomic E-state index is 0.663. The molecule has 0 heterocycles. The summed E-state index contributed by atoms with van der Waals surface area (Å²) in [5.74, 6) is 1.59. The van der Waals surface area contributed by atoms with Gasteiger partial charge in [0.25, 0.3) is 0 Å². The van der Waals surface area contributed by atoms with Gasteiger partial charge in [-0.25, -0.2) is 0 Å². The molecule has 2 heteroatoms. The van der Waals surface area contributed by atoms with E-state index in [-0.39, 0.29) is 0 Å². The lowest BCUT2D eigenvalue weighted by molar-refractivity contribution is 0.0609. The molecule has 0 radical (unpaired) electrons. The molecule has 0 fully saturated rings. The van der Waals surface area contributed by atoms with Crippen LogP contribution in [0.25, 0.3) is 0 Å². The Morgan fingerprint density at radius 3 is 1.32 bits per heavy atom. The van der Waals surface area contributed by atoms with Crippen molar-refractivity contribution in [2.24, 2.45) is 11.8 Å². The summed E-state index contributed by atoms with van der Waals surface area (Å²) in [6.45, 7) is 16.7. The van der Waals surface area contributed by atoms with Crippen LogP contribution in [0, 0.1) is 11.8 Å². The third-order valence-corrected chi connectivity index (χ3v) is 5.83. The highest BCUT2D eigenvalue weighted by Gasteiger charge is 2.33. The summed E-state index contributed by atoms with van der Waals surface area (Å²) < 4.78 is 0. The van der Waals surface area contributed by atoms with Gasteiger partial charge in [0.1, 0.15) is 0 Å². The van der Waals surface area contributed by atoms with Gasteiger partial charge in [0, 0.05) is 12.1 Å². The number of nitrogens with zero attached hydrogens (tertiary/aromatic N) is 2. The lowest BCUT2D eigenvalue weighted by atomic mass is 9.77. The van der Waals surface area contributed by atoms with Crippen molar-refractivity contribution >= 4 is 0 Å². The summed E-state index contributed by atoms with van der Waals surface area (Å²) in [4.78, 5) is 5.22. The Balaban J connectivity index is 5.01. The van der Waals surface area contributed by atoms with Gasteiger partial charge < -0.3 is 9.80 Å². The molecular formula is C20H44N2. The van der Waals surface area contributed by atoms with Gasteiger partial charge in [-0.05, 0) is 65.7 Å². The zero-order chi connectivity index (χ0) is 17.1. The first-order valence-electron chi connectivity index (χ1n) is 9.84. The minimum Gasteiger partial charge on any atom is -0.303 e. The second-order valence-electron chi connectivity index (χ2n) is 7.30. The van der Waals surface area contributed by atoms with Crippen LogP contribution < -0.4 is 0 Å². The Kier molecular flexibility index (Phi) is 12.3. The fraction of sp³-hybridized carbons (Fsp3) is 1.00. The maximum atomic E-state index is 2.61. The van der Waals surface area contributed by atoms with Crippen molar-refractivity contribution in [2.45, 2.75) is 92.2 Å². The summed E-state index contributed by atoms with van der Waals surface area (Å²) in [6, 6.07) is 1.33. The fourth-order valence-corrected chi connectivity index (χ4v) is 3.83. The minimum atomic E-state index is 0.663. The highest BCUT2D eigenvalue weighted by atomic mass is 15.2. The summed E-state index contributed by atoms with van der Waals surface area (Å²) in [7, 11) is 4.66. The Hall–Kier alpha value is -0.0800. The molecule has 0 saturated carbocycles. The molecular weight excluding hydrogens is 268 g/mol. The Labute approximate surface area is 141 Å². The van der Waals surface area contributed by atoms with Gasteiger partial charge >= 0.3 is 0 Å². The average molecular weight is 313 g/mol. The van der Waals surface area contributed by atoms with Crippen LogP contribution >= 0.6 is 0 Å². The molecule has 134 valence electrons. The van der Waals surface area contributed by atoms with E-state index in [1.165, 1.54) is 51.6 Å². The van der Waals surface area contributed by atoms with E-state index in [1.54, 1.807) is 0 Å². The Morgan fingerprint density at radius 1 is 0.682 bits per heavy atom. The van der Waals surface area contributed by atoms with Gasteiger partial charge in [-0.2, -0.15) is 0 Å². The topological polar surface area (TPSA) is 6.48 Å². The average Bonchev–Trinajstić information content (AvgIpc) is 2.53. The lowest BCUT2D eigenvalue weighted by Gasteiger charge is -2.43. The van der Waals surface area contributed by atoms with Gasteiger partial charge in [-0.3, -0.25) is 0 Å². The Morgan fingerprint density at radius 2 is 1.05 bits per heavy atom. The van der Waals surface area contributed by atoms with Crippen LogP contribution in [0.15, 0.2) is 0 Å². The van der Waals surface area contributed by atoms with Crippen LogP contribution in [0.2, 0.25) is 0 Å². The molecule has 0 aliphatic carbocycles. The van der Waals surface area contributed by atoms with Gasteiger partial charge in [-0.15, -0.1) is 0 Å². The molecule has 0 aromatic carbocycles. The molecule has 2 atom stereocenters. The van der Waals surface area contributed by atoms with Gasteiger partial charge in [0.05, 0.1) is 0 Å². The van der Waals surface area contributed by atoms with Crippen molar-refractivity contribution in [3.63, 3.8) is 0 Å².